The molecule has 14 heavy (non-hydrogen) atoms. The van der Waals surface area contributed by atoms with Crippen LogP contribution in [-0.4, -0.2) is 30.7 Å². The molecule has 2 rings (SSSR count). The van der Waals surface area contributed by atoms with Gasteiger partial charge in [0.15, 0.2) is 5.79 Å². The lowest BCUT2D eigenvalue weighted by atomic mass is 9.89. The third-order valence-electron chi connectivity index (χ3n) is 3.03. The van der Waals surface area contributed by atoms with Gasteiger partial charge in [0.1, 0.15) is 0 Å². The minimum atomic E-state index is -0.253. The SMILES string of the molecule is OCCC=C1CCC2(CC1)OCCO2. The Balaban J connectivity index is 1.85. The second kappa shape index (κ2) is 4.43. The van der Waals surface area contributed by atoms with Crippen molar-refractivity contribution in [1.29, 1.82) is 0 Å². The Morgan fingerprint density at radius 1 is 1.21 bits per heavy atom. The van der Waals surface area contributed by atoms with Gasteiger partial charge in [-0.3, -0.25) is 0 Å². The predicted octanol–water partition coefficient (Wildman–Crippen LogP) is 1.61. The minimum Gasteiger partial charge on any atom is -0.396 e. The summed E-state index contributed by atoms with van der Waals surface area (Å²) in [6.45, 7) is 1.74. The fraction of sp³-hybridized carbons (Fsp3) is 0.818. The lowest BCUT2D eigenvalue weighted by molar-refractivity contribution is -0.171. The van der Waals surface area contributed by atoms with Gasteiger partial charge >= 0.3 is 0 Å². The number of rotatable bonds is 2. The zero-order valence-electron chi connectivity index (χ0n) is 8.50. The molecule has 0 aromatic carbocycles. The minimum absolute atomic E-state index is 0.252. The van der Waals surface area contributed by atoms with E-state index in [1.165, 1.54) is 5.57 Å². The van der Waals surface area contributed by atoms with Crippen LogP contribution in [0.25, 0.3) is 0 Å². The van der Waals surface area contributed by atoms with E-state index in [1.54, 1.807) is 0 Å². The van der Waals surface area contributed by atoms with E-state index in [0.29, 0.717) is 0 Å². The number of hydrogen-bond donors (Lipinski definition) is 1. The molecule has 0 unspecified atom stereocenters. The van der Waals surface area contributed by atoms with Crippen molar-refractivity contribution in [2.45, 2.75) is 37.9 Å². The van der Waals surface area contributed by atoms with Gasteiger partial charge < -0.3 is 14.6 Å². The highest BCUT2D eigenvalue weighted by Gasteiger charge is 2.38. The van der Waals surface area contributed by atoms with Crippen molar-refractivity contribution in [3.8, 4) is 0 Å². The van der Waals surface area contributed by atoms with Crippen molar-refractivity contribution in [3.63, 3.8) is 0 Å². The van der Waals surface area contributed by atoms with Gasteiger partial charge in [-0.25, -0.2) is 0 Å². The summed E-state index contributed by atoms with van der Waals surface area (Å²) in [7, 11) is 0. The van der Waals surface area contributed by atoms with E-state index >= 15 is 0 Å². The topological polar surface area (TPSA) is 38.7 Å². The Hall–Kier alpha value is -0.380. The molecule has 0 atom stereocenters. The number of hydrogen-bond acceptors (Lipinski definition) is 3. The molecule has 2 aliphatic rings. The molecular formula is C11H18O3. The van der Waals surface area contributed by atoms with E-state index in [2.05, 4.69) is 6.08 Å². The number of allylic oxidation sites excluding steroid dienone is 1. The van der Waals surface area contributed by atoms with Crippen molar-refractivity contribution in [2.75, 3.05) is 19.8 Å². The van der Waals surface area contributed by atoms with Gasteiger partial charge in [-0.1, -0.05) is 11.6 Å². The third-order valence-corrected chi connectivity index (χ3v) is 3.03. The van der Waals surface area contributed by atoms with Crippen LogP contribution in [0.5, 0.6) is 0 Å². The molecule has 2 fully saturated rings. The van der Waals surface area contributed by atoms with Crippen LogP contribution in [-0.2, 0) is 9.47 Å². The molecule has 0 radical (unpaired) electrons. The first-order valence-corrected chi connectivity index (χ1v) is 5.41. The summed E-state index contributed by atoms with van der Waals surface area (Å²) in [5.74, 6) is -0.253. The fourth-order valence-corrected chi connectivity index (χ4v) is 2.21. The molecular weight excluding hydrogens is 180 g/mol. The van der Waals surface area contributed by atoms with Gasteiger partial charge in [0.05, 0.1) is 13.2 Å². The van der Waals surface area contributed by atoms with Gasteiger partial charge in [-0.05, 0) is 19.3 Å². The van der Waals surface area contributed by atoms with E-state index < -0.39 is 0 Å². The van der Waals surface area contributed by atoms with Gasteiger partial charge in [0.2, 0.25) is 0 Å². The highest BCUT2D eigenvalue weighted by Crippen LogP contribution is 2.37. The van der Waals surface area contributed by atoms with Crippen molar-refractivity contribution in [1.82, 2.24) is 0 Å². The van der Waals surface area contributed by atoms with E-state index in [0.717, 1.165) is 45.3 Å². The molecule has 3 heteroatoms. The standard InChI is InChI=1S/C11H18O3/c12-7-1-2-10-3-5-11(6-4-10)13-8-9-14-11/h2,12H,1,3-9H2. The molecule has 1 saturated carbocycles. The van der Waals surface area contributed by atoms with Crippen molar-refractivity contribution in [2.24, 2.45) is 0 Å². The number of aliphatic hydroxyl groups is 1. The van der Waals surface area contributed by atoms with E-state index in [-0.39, 0.29) is 12.4 Å². The Bertz CT molecular complexity index is 205. The molecule has 1 spiro atoms. The molecule has 3 nitrogen and oxygen atoms in total. The van der Waals surface area contributed by atoms with Crippen LogP contribution in [0.3, 0.4) is 0 Å². The highest BCUT2D eigenvalue weighted by molar-refractivity contribution is 5.07. The van der Waals surface area contributed by atoms with Crippen molar-refractivity contribution < 1.29 is 14.6 Å². The summed E-state index contributed by atoms with van der Waals surface area (Å²) >= 11 is 0. The summed E-state index contributed by atoms with van der Waals surface area (Å²) in [6, 6.07) is 0. The molecule has 0 aromatic rings. The smallest absolute Gasteiger partial charge is 0.169 e. The van der Waals surface area contributed by atoms with Crippen molar-refractivity contribution >= 4 is 0 Å². The second-order valence-electron chi connectivity index (χ2n) is 3.98. The quantitative estimate of drug-likeness (QED) is 0.685. The van der Waals surface area contributed by atoms with Gasteiger partial charge in [0, 0.05) is 19.4 Å². The normalized spacial score (nSPS) is 25.6. The summed E-state index contributed by atoms with van der Waals surface area (Å²) in [4.78, 5) is 0. The maximum absolute atomic E-state index is 8.71. The molecule has 1 heterocycles. The predicted molar refractivity (Wildman–Crippen MR) is 52.9 cm³/mol. The Morgan fingerprint density at radius 2 is 1.86 bits per heavy atom. The van der Waals surface area contributed by atoms with Crippen LogP contribution in [0.1, 0.15) is 32.1 Å². The maximum atomic E-state index is 8.71. The molecule has 1 N–H and O–H groups in total. The molecule has 80 valence electrons. The lowest BCUT2D eigenvalue weighted by Gasteiger charge is -2.32. The van der Waals surface area contributed by atoms with E-state index in [4.69, 9.17) is 14.6 Å². The Morgan fingerprint density at radius 3 is 2.43 bits per heavy atom. The molecule has 1 saturated heterocycles. The van der Waals surface area contributed by atoms with Crippen molar-refractivity contribution in [3.05, 3.63) is 11.6 Å². The van der Waals surface area contributed by atoms with Crippen LogP contribution in [0.2, 0.25) is 0 Å². The fourth-order valence-electron chi connectivity index (χ4n) is 2.21. The van der Waals surface area contributed by atoms with E-state index in [1.807, 2.05) is 0 Å². The van der Waals surface area contributed by atoms with Crippen LogP contribution in [0.15, 0.2) is 11.6 Å². The lowest BCUT2D eigenvalue weighted by Crippen LogP contribution is -2.33. The number of aliphatic hydroxyl groups excluding tert-OH is 1. The largest absolute Gasteiger partial charge is 0.396 e. The zero-order valence-corrected chi connectivity index (χ0v) is 8.50. The zero-order chi connectivity index (χ0) is 9.86. The Kier molecular flexibility index (Phi) is 3.21. The van der Waals surface area contributed by atoms with Crippen LogP contribution < -0.4 is 0 Å². The summed E-state index contributed by atoms with van der Waals surface area (Å²) in [5.41, 5.74) is 1.45. The van der Waals surface area contributed by atoms with Crippen LogP contribution in [0.4, 0.5) is 0 Å². The molecule has 1 aliphatic carbocycles. The second-order valence-corrected chi connectivity index (χ2v) is 3.98. The molecule has 0 aromatic heterocycles. The Labute approximate surface area is 84.7 Å². The number of ether oxygens (including phenoxy) is 2. The first kappa shape index (κ1) is 10.1. The molecule has 0 amide bonds. The summed E-state index contributed by atoms with van der Waals surface area (Å²) in [5, 5.41) is 8.71. The average molecular weight is 198 g/mol. The summed E-state index contributed by atoms with van der Waals surface area (Å²) in [6.07, 6.45) is 7.00. The van der Waals surface area contributed by atoms with Gasteiger partial charge in [-0.2, -0.15) is 0 Å². The first-order valence-electron chi connectivity index (χ1n) is 5.41. The van der Waals surface area contributed by atoms with Gasteiger partial charge in [-0.15, -0.1) is 0 Å². The van der Waals surface area contributed by atoms with Gasteiger partial charge in [0.25, 0.3) is 0 Å². The third kappa shape index (κ3) is 2.16. The van der Waals surface area contributed by atoms with Crippen LogP contribution in [0, 0.1) is 0 Å². The monoisotopic (exact) mass is 198 g/mol. The van der Waals surface area contributed by atoms with Crippen LogP contribution >= 0.6 is 0 Å². The first-order chi connectivity index (χ1) is 6.85. The summed E-state index contributed by atoms with van der Waals surface area (Å²) < 4.78 is 11.3. The van der Waals surface area contributed by atoms with E-state index in [9.17, 15) is 0 Å². The molecule has 0 bridgehead atoms. The highest BCUT2D eigenvalue weighted by atomic mass is 16.7. The maximum Gasteiger partial charge on any atom is 0.169 e. The average Bonchev–Trinajstić information content (AvgIpc) is 2.66. The molecule has 1 aliphatic heterocycles.